The number of hydrogen-bond donors (Lipinski definition) is 2. The van der Waals surface area contributed by atoms with E-state index >= 15 is 0 Å². The third-order valence-corrected chi connectivity index (χ3v) is 3.95. The highest BCUT2D eigenvalue weighted by Crippen LogP contribution is 2.07. The van der Waals surface area contributed by atoms with Crippen molar-refractivity contribution in [3.05, 3.63) is 38.7 Å². The van der Waals surface area contributed by atoms with Crippen molar-refractivity contribution in [1.82, 2.24) is 24.8 Å². The van der Waals surface area contributed by atoms with Crippen LogP contribution in [0.2, 0.25) is 0 Å². The fourth-order valence-electron chi connectivity index (χ4n) is 2.40. The molecule has 0 aliphatic carbocycles. The van der Waals surface area contributed by atoms with Crippen molar-refractivity contribution in [3.63, 3.8) is 0 Å². The minimum Gasteiger partial charge on any atom is -0.350 e. The molecule has 1 aliphatic rings. The van der Waals surface area contributed by atoms with E-state index in [9.17, 15) is 14.4 Å². The summed E-state index contributed by atoms with van der Waals surface area (Å²) in [7, 11) is 2.94. The van der Waals surface area contributed by atoms with Crippen LogP contribution in [0.4, 0.5) is 0 Å². The van der Waals surface area contributed by atoms with E-state index in [4.69, 9.17) is 0 Å². The van der Waals surface area contributed by atoms with E-state index in [2.05, 4.69) is 15.6 Å². The van der Waals surface area contributed by atoms with Crippen LogP contribution in [0.15, 0.2) is 21.7 Å². The van der Waals surface area contributed by atoms with Gasteiger partial charge in [0.15, 0.2) is 0 Å². The second kappa shape index (κ2) is 7.78. The number of halogens is 2. The lowest BCUT2D eigenvalue weighted by Gasteiger charge is -2.26. The molecule has 1 aliphatic heterocycles. The first-order chi connectivity index (χ1) is 10.5. The minimum absolute atomic E-state index is 0. The second-order valence-corrected chi connectivity index (χ2v) is 5.51. The monoisotopic (exact) mass is 375 g/mol. The van der Waals surface area contributed by atoms with Crippen LogP contribution in [-0.4, -0.2) is 39.7 Å². The maximum atomic E-state index is 12.1. The lowest BCUT2D eigenvalue weighted by Crippen LogP contribution is -2.48. The summed E-state index contributed by atoms with van der Waals surface area (Å²) in [6, 6.07) is 3.03. The first-order valence-electron chi connectivity index (χ1n) is 7.04. The quantitative estimate of drug-likeness (QED) is 0.748. The molecule has 0 aromatic carbocycles. The van der Waals surface area contributed by atoms with Gasteiger partial charge in [-0.05, 0) is 12.1 Å². The molecule has 0 saturated carbocycles. The smallest absolute Gasteiger partial charge is 0.332 e. The fraction of sp³-hybridized carbons (Fsp3) is 0.429. The molecule has 24 heavy (non-hydrogen) atoms. The molecule has 8 nitrogen and oxygen atoms in total. The molecular weight excluding hydrogens is 357 g/mol. The predicted octanol–water partition coefficient (Wildman–Crippen LogP) is -0.575. The molecule has 2 N–H and O–H groups in total. The largest absolute Gasteiger partial charge is 0.350 e. The summed E-state index contributed by atoms with van der Waals surface area (Å²) in [5.41, 5.74) is -0.477. The van der Waals surface area contributed by atoms with E-state index in [1.54, 1.807) is 0 Å². The third kappa shape index (κ3) is 3.45. The SMILES string of the molecule is Cl.Cl.Cn1c(=O)c2ccc(C(=O)NCC3CNC3)nc2n(C)c1=O. The zero-order valence-electron chi connectivity index (χ0n) is 13.2. The summed E-state index contributed by atoms with van der Waals surface area (Å²) in [5, 5.41) is 6.26. The Kier molecular flexibility index (Phi) is 6.53. The molecule has 1 fully saturated rings. The van der Waals surface area contributed by atoms with Crippen LogP contribution in [0.25, 0.3) is 11.0 Å². The fourth-order valence-corrected chi connectivity index (χ4v) is 2.40. The summed E-state index contributed by atoms with van der Waals surface area (Å²) in [6.07, 6.45) is 0. The molecule has 1 amide bonds. The number of fused-ring (bicyclic) bond motifs is 1. The van der Waals surface area contributed by atoms with Crippen LogP contribution in [0.5, 0.6) is 0 Å². The van der Waals surface area contributed by atoms with E-state index in [-0.39, 0.29) is 42.1 Å². The Morgan fingerprint density at radius 1 is 1.25 bits per heavy atom. The highest BCUT2D eigenvalue weighted by atomic mass is 35.5. The number of carbonyl (C=O) groups is 1. The van der Waals surface area contributed by atoms with Gasteiger partial charge in [-0.1, -0.05) is 0 Å². The average molecular weight is 376 g/mol. The van der Waals surface area contributed by atoms with E-state index < -0.39 is 11.2 Å². The van der Waals surface area contributed by atoms with Crippen LogP contribution >= 0.6 is 24.8 Å². The Morgan fingerprint density at radius 3 is 2.50 bits per heavy atom. The number of hydrogen-bond acceptors (Lipinski definition) is 5. The standard InChI is InChI=1S/C14H17N5O3.2ClH/c1-18-11-9(13(21)19(2)14(18)22)3-4-10(17-11)12(20)16-7-8-5-15-6-8;;/h3-4,8,15H,5-7H2,1-2H3,(H,16,20);2*1H. The molecule has 1 saturated heterocycles. The van der Waals surface area contributed by atoms with Gasteiger partial charge in [-0.2, -0.15) is 0 Å². The summed E-state index contributed by atoms with van der Waals surface area (Å²) in [4.78, 5) is 40.3. The van der Waals surface area contributed by atoms with E-state index in [1.807, 2.05) is 0 Å². The molecule has 0 atom stereocenters. The van der Waals surface area contributed by atoms with Gasteiger partial charge < -0.3 is 10.6 Å². The zero-order valence-corrected chi connectivity index (χ0v) is 14.9. The lowest BCUT2D eigenvalue weighted by molar-refractivity contribution is 0.0937. The van der Waals surface area contributed by atoms with Crippen LogP contribution < -0.4 is 21.9 Å². The molecule has 10 heteroatoms. The number of pyridine rings is 1. The molecule has 0 bridgehead atoms. The molecule has 2 aromatic rings. The molecular formula is C14H19Cl2N5O3. The van der Waals surface area contributed by atoms with Gasteiger partial charge in [0.1, 0.15) is 11.3 Å². The molecule has 3 heterocycles. The first kappa shape index (κ1) is 20.1. The van der Waals surface area contributed by atoms with Crippen molar-refractivity contribution < 1.29 is 4.79 Å². The highest BCUT2D eigenvalue weighted by molar-refractivity contribution is 5.94. The highest BCUT2D eigenvalue weighted by Gasteiger charge is 2.19. The number of nitrogens with one attached hydrogen (secondary N) is 2. The third-order valence-electron chi connectivity index (χ3n) is 3.95. The second-order valence-electron chi connectivity index (χ2n) is 5.51. The van der Waals surface area contributed by atoms with Crippen LogP contribution in [0.1, 0.15) is 10.5 Å². The Hall–Kier alpha value is -1.90. The predicted molar refractivity (Wildman–Crippen MR) is 95.4 cm³/mol. The van der Waals surface area contributed by atoms with Gasteiger partial charge in [-0.15, -0.1) is 24.8 Å². The maximum Gasteiger partial charge on any atom is 0.332 e. The topological polar surface area (TPSA) is 98.0 Å². The zero-order chi connectivity index (χ0) is 15.9. The number of nitrogens with zero attached hydrogens (tertiary/aromatic N) is 3. The van der Waals surface area contributed by atoms with Crippen molar-refractivity contribution in [2.24, 2.45) is 20.0 Å². The van der Waals surface area contributed by atoms with Gasteiger partial charge in [0.25, 0.3) is 11.5 Å². The van der Waals surface area contributed by atoms with Crippen molar-refractivity contribution in [2.45, 2.75) is 0 Å². The van der Waals surface area contributed by atoms with Gasteiger partial charge in [-0.3, -0.25) is 18.7 Å². The molecule has 3 rings (SSSR count). The van der Waals surface area contributed by atoms with Crippen LogP contribution in [-0.2, 0) is 14.1 Å². The van der Waals surface area contributed by atoms with Crippen LogP contribution in [0, 0.1) is 5.92 Å². The average Bonchev–Trinajstić information content (AvgIpc) is 2.48. The number of carbonyl (C=O) groups excluding carboxylic acids is 1. The summed E-state index contributed by atoms with van der Waals surface area (Å²) in [5.74, 6) is 0.142. The van der Waals surface area contributed by atoms with Gasteiger partial charge in [0.2, 0.25) is 0 Å². The number of amides is 1. The number of aryl methyl sites for hydroxylation is 1. The van der Waals surface area contributed by atoms with E-state index in [0.29, 0.717) is 17.8 Å². The van der Waals surface area contributed by atoms with Crippen LogP contribution in [0.3, 0.4) is 0 Å². The van der Waals surface area contributed by atoms with Crippen molar-refractivity contribution >= 4 is 41.8 Å². The van der Waals surface area contributed by atoms with Gasteiger partial charge in [0.05, 0.1) is 5.39 Å². The van der Waals surface area contributed by atoms with Gasteiger partial charge >= 0.3 is 5.69 Å². The lowest BCUT2D eigenvalue weighted by atomic mass is 10.0. The molecule has 2 aromatic heterocycles. The van der Waals surface area contributed by atoms with E-state index in [1.165, 1.54) is 30.8 Å². The first-order valence-corrected chi connectivity index (χ1v) is 7.04. The normalized spacial score (nSPS) is 13.6. The van der Waals surface area contributed by atoms with Crippen molar-refractivity contribution in [3.8, 4) is 0 Å². The Bertz CT molecular complexity index is 873. The van der Waals surface area contributed by atoms with Crippen molar-refractivity contribution in [2.75, 3.05) is 19.6 Å². The minimum atomic E-state index is -0.469. The van der Waals surface area contributed by atoms with Gasteiger partial charge in [0, 0.05) is 39.6 Å². The van der Waals surface area contributed by atoms with E-state index in [0.717, 1.165) is 17.7 Å². The molecule has 0 spiro atoms. The molecule has 0 radical (unpaired) electrons. The van der Waals surface area contributed by atoms with Gasteiger partial charge in [-0.25, -0.2) is 9.78 Å². The molecule has 132 valence electrons. The van der Waals surface area contributed by atoms with Crippen molar-refractivity contribution in [1.29, 1.82) is 0 Å². The molecule has 0 unspecified atom stereocenters. The summed E-state index contributed by atoms with van der Waals surface area (Å²) < 4.78 is 2.29. The summed E-state index contributed by atoms with van der Waals surface area (Å²) >= 11 is 0. The maximum absolute atomic E-state index is 12.1. The Balaban J connectivity index is 0.00000144. The Morgan fingerprint density at radius 2 is 1.92 bits per heavy atom. The summed E-state index contributed by atoms with van der Waals surface area (Å²) in [6.45, 7) is 2.38. The number of aromatic nitrogens is 3. The Labute approximate surface area is 150 Å². The number of rotatable bonds is 3.